The van der Waals surface area contributed by atoms with Crippen LogP contribution in [0.5, 0.6) is 0 Å². The van der Waals surface area contributed by atoms with E-state index in [0.717, 1.165) is 0 Å². The molecule has 0 aromatic rings. The molecule has 2 N–H and O–H groups in total. The third-order valence-electron chi connectivity index (χ3n) is 3.95. The molecule has 1 aliphatic rings. The lowest BCUT2D eigenvalue weighted by atomic mass is 9.61. The minimum atomic E-state index is -1.15. The molecule has 18 heavy (non-hydrogen) atoms. The second kappa shape index (κ2) is 4.71. The minimum absolute atomic E-state index is 0.168. The molecule has 0 bridgehead atoms. The summed E-state index contributed by atoms with van der Waals surface area (Å²) in [6.45, 7) is 9.79. The topological polar surface area (TPSA) is 75.3 Å². The van der Waals surface area contributed by atoms with Crippen LogP contribution in [0, 0.1) is 16.7 Å². The highest BCUT2D eigenvalue weighted by Crippen LogP contribution is 2.44. The van der Waals surface area contributed by atoms with Crippen molar-refractivity contribution in [2.75, 3.05) is 0 Å². The highest BCUT2D eigenvalue weighted by atomic mass is 16.2. The summed E-state index contributed by atoms with van der Waals surface area (Å²) in [6, 6.07) is -0.724. The lowest BCUT2D eigenvalue weighted by Crippen LogP contribution is -2.65. The van der Waals surface area contributed by atoms with E-state index in [1.165, 1.54) is 0 Å². The molecule has 0 spiro atoms. The fraction of sp³-hybridized carbons (Fsp3) is 0.769. The van der Waals surface area contributed by atoms with Crippen LogP contribution in [0.2, 0.25) is 0 Å². The Hall–Kier alpha value is -1.39. The van der Waals surface area contributed by atoms with Crippen LogP contribution in [0.25, 0.3) is 0 Å². The van der Waals surface area contributed by atoms with Crippen molar-refractivity contribution in [2.45, 2.75) is 47.5 Å². The van der Waals surface area contributed by atoms with Gasteiger partial charge in [0.25, 0.3) is 0 Å². The van der Waals surface area contributed by atoms with Gasteiger partial charge in [-0.15, -0.1) is 0 Å². The Morgan fingerprint density at radius 2 is 1.56 bits per heavy atom. The molecule has 5 heteroatoms. The van der Waals surface area contributed by atoms with Gasteiger partial charge in [0.05, 0.1) is 0 Å². The molecular formula is C13H22N2O3. The van der Waals surface area contributed by atoms with Crippen molar-refractivity contribution in [3.8, 4) is 0 Å². The van der Waals surface area contributed by atoms with Gasteiger partial charge in [0, 0.05) is 0 Å². The number of carbonyl (C=O) groups excluding carboxylic acids is 3. The second-order valence-corrected chi connectivity index (χ2v) is 6.05. The van der Waals surface area contributed by atoms with Gasteiger partial charge in [-0.2, -0.15) is 0 Å². The van der Waals surface area contributed by atoms with Crippen LogP contribution >= 0.6 is 0 Å². The predicted octanol–water partition coefficient (Wildman–Crippen LogP) is 1.82. The first-order valence-corrected chi connectivity index (χ1v) is 6.33. The molecule has 1 saturated heterocycles. The Morgan fingerprint density at radius 1 is 1.11 bits per heavy atom. The van der Waals surface area contributed by atoms with Crippen LogP contribution in [-0.2, 0) is 9.59 Å². The molecular weight excluding hydrogens is 232 g/mol. The van der Waals surface area contributed by atoms with E-state index in [2.05, 4.69) is 10.6 Å². The summed E-state index contributed by atoms with van der Waals surface area (Å²) in [5, 5.41) is 4.46. The van der Waals surface area contributed by atoms with Crippen LogP contribution in [-0.4, -0.2) is 17.8 Å². The van der Waals surface area contributed by atoms with Crippen molar-refractivity contribution < 1.29 is 14.4 Å². The van der Waals surface area contributed by atoms with Gasteiger partial charge >= 0.3 is 6.03 Å². The van der Waals surface area contributed by atoms with E-state index in [-0.39, 0.29) is 11.3 Å². The molecule has 1 aliphatic heterocycles. The van der Waals surface area contributed by atoms with Gasteiger partial charge in [0.1, 0.15) is 5.41 Å². The van der Waals surface area contributed by atoms with E-state index >= 15 is 0 Å². The number of barbiturate groups is 1. The summed E-state index contributed by atoms with van der Waals surface area (Å²) >= 11 is 0. The van der Waals surface area contributed by atoms with Crippen molar-refractivity contribution >= 4 is 17.8 Å². The maximum atomic E-state index is 12.2. The zero-order chi connectivity index (χ0) is 14.1. The molecule has 0 aromatic heterocycles. The Bertz CT molecular complexity index is 362. The molecule has 0 aliphatic carbocycles. The van der Waals surface area contributed by atoms with Crippen LogP contribution in [0.15, 0.2) is 0 Å². The number of rotatable bonds is 3. The average Bonchev–Trinajstić information content (AvgIpc) is 2.21. The predicted molar refractivity (Wildman–Crippen MR) is 67.6 cm³/mol. The fourth-order valence-electron chi connectivity index (χ4n) is 2.53. The van der Waals surface area contributed by atoms with Crippen molar-refractivity contribution in [1.82, 2.24) is 10.6 Å². The van der Waals surface area contributed by atoms with Crippen molar-refractivity contribution in [2.24, 2.45) is 16.7 Å². The minimum Gasteiger partial charge on any atom is -0.277 e. The van der Waals surface area contributed by atoms with E-state index < -0.39 is 23.3 Å². The van der Waals surface area contributed by atoms with Crippen LogP contribution < -0.4 is 10.6 Å². The van der Waals surface area contributed by atoms with E-state index in [1.807, 2.05) is 34.6 Å². The molecule has 5 nitrogen and oxygen atoms in total. The summed E-state index contributed by atoms with van der Waals surface area (Å²) < 4.78 is 0. The van der Waals surface area contributed by atoms with E-state index in [4.69, 9.17) is 0 Å². The molecule has 102 valence electrons. The Balaban J connectivity index is 3.25. The summed E-state index contributed by atoms with van der Waals surface area (Å²) in [7, 11) is 0. The molecule has 1 heterocycles. The summed E-state index contributed by atoms with van der Waals surface area (Å²) in [6.07, 6.45) is 1.14. The molecule has 4 amide bonds. The third-order valence-corrected chi connectivity index (χ3v) is 3.95. The van der Waals surface area contributed by atoms with Gasteiger partial charge in [-0.25, -0.2) is 4.79 Å². The first kappa shape index (κ1) is 14.7. The number of urea groups is 1. The van der Waals surface area contributed by atoms with E-state index in [1.54, 1.807) is 0 Å². The largest absolute Gasteiger partial charge is 0.328 e. The summed E-state index contributed by atoms with van der Waals surface area (Å²) in [5.41, 5.74) is -1.36. The summed E-state index contributed by atoms with van der Waals surface area (Å²) in [4.78, 5) is 35.6. The Kier molecular flexibility index (Phi) is 3.84. The molecule has 0 aromatic carbocycles. The highest BCUT2D eigenvalue weighted by Gasteiger charge is 2.55. The lowest BCUT2D eigenvalue weighted by molar-refractivity contribution is -0.152. The van der Waals surface area contributed by atoms with Crippen molar-refractivity contribution in [1.29, 1.82) is 0 Å². The number of hydrogen-bond donors (Lipinski definition) is 2. The monoisotopic (exact) mass is 254 g/mol. The van der Waals surface area contributed by atoms with Crippen molar-refractivity contribution in [3.63, 3.8) is 0 Å². The second-order valence-electron chi connectivity index (χ2n) is 6.05. The quantitative estimate of drug-likeness (QED) is 0.754. The molecule has 1 atom stereocenters. The number of imide groups is 2. The van der Waals surface area contributed by atoms with Crippen LogP contribution in [0.4, 0.5) is 4.79 Å². The highest BCUT2D eigenvalue weighted by molar-refractivity contribution is 6.19. The molecule has 0 saturated carbocycles. The number of nitrogens with one attached hydrogen (secondary N) is 2. The molecule has 0 unspecified atom stereocenters. The Labute approximate surface area is 108 Å². The normalized spacial score (nSPS) is 21.3. The van der Waals surface area contributed by atoms with Gasteiger partial charge in [-0.3, -0.25) is 20.2 Å². The summed E-state index contributed by atoms with van der Waals surface area (Å²) in [5.74, 6) is -1.11. The fourth-order valence-corrected chi connectivity index (χ4v) is 2.53. The zero-order valence-electron chi connectivity index (χ0n) is 11.7. The molecule has 1 fully saturated rings. The zero-order valence-corrected chi connectivity index (χ0v) is 11.7. The van der Waals surface area contributed by atoms with Crippen LogP contribution in [0.3, 0.4) is 0 Å². The SMILES string of the molecule is CCCC1([C@H](C)C(C)(C)C)C(=O)NC(=O)NC1=O. The number of carbonyl (C=O) groups is 3. The Morgan fingerprint density at radius 3 is 1.89 bits per heavy atom. The first-order chi connectivity index (χ1) is 8.16. The smallest absolute Gasteiger partial charge is 0.277 e. The van der Waals surface area contributed by atoms with Gasteiger partial charge in [-0.05, 0) is 17.8 Å². The van der Waals surface area contributed by atoms with Gasteiger partial charge in [0.2, 0.25) is 11.8 Å². The standard InChI is InChI=1S/C13H22N2O3/c1-6-7-13(8(2)12(3,4)5)9(16)14-11(18)15-10(13)17/h8H,6-7H2,1-5H3,(H2,14,15,16,17,18)/t8-/m1/s1. The number of amides is 4. The maximum absolute atomic E-state index is 12.2. The molecule has 0 radical (unpaired) electrons. The van der Waals surface area contributed by atoms with Gasteiger partial charge in [0.15, 0.2) is 0 Å². The van der Waals surface area contributed by atoms with Crippen molar-refractivity contribution in [3.05, 3.63) is 0 Å². The van der Waals surface area contributed by atoms with Crippen LogP contribution in [0.1, 0.15) is 47.5 Å². The van der Waals surface area contributed by atoms with E-state index in [0.29, 0.717) is 12.8 Å². The average molecular weight is 254 g/mol. The van der Waals surface area contributed by atoms with Gasteiger partial charge in [-0.1, -0.05) is 41.0 Å². The maximum Gasteiger partial charge on any atom is 0.328 e. The van der Waals surface area contributed by atoms with Gasteiger partial charge < -0.3 is 0 Å². The molecule has 1 rings (SSSR count). The third kappa shape index (κ3) is 2.26. The number of hydrogen-bond acceptors (Lipinski definition) is 3. The van der Waals surface area contributed by atoms with E-state index in [9.17, 15) is 14.4 Å². The lowest BCUT2D eigenvalue weighted by Gasteiger charge is -2.44. The first-order valence-electron chi connectivity index (χ1n) is 6.33.